The number of nitrogens with two attached hydrogens (primary N) is 1. The van der Waals surface area contributed by atoms with Crippen molar-refractivity contribution in [1.82, 2.24) is 0 Å². The highest BCUT2D eigenvalue weighted by atomic mass is 16.6. The van der Waals surface area contributed by atoms with Gasteiger partial charge in [0.1, 0.15) is 17.5 Å². The molecule has 5 N–H and O–H groups in total. The summed E-state index contributed by atoms with van der Waals surface area (Å²) in [6.45, 7) is 15.1. The topological polar surface area (TPSA) is 139 Å². The summed E-state index contributed by atoms with van der Waals surface area (Å²) in [5, 5.41) is 34.6. The van der Waals surface area contributed by atoms with Crippen LogP contribution in [-0.4, -0.2) is 69.2 Å². The number of aliphatic hydroxyl groups excluding tert-OH is 1. The highest BCUT2D eigenvalue weighted by molar-refractivity contribution is 5.90. The lowest BCUT2D eigenvalue weighted by Gasteiger charge is -2.68. The average Bonchev–Trinajstić information content (AvgIpc) is 2.76. The number of aliphatic hydroxyl groups is 3. The molecule has 3 fully saturated rings. The quantitative estimate of drug-likeness (QED) is 0.344. The molecule has 2 bridgehead atoms. The summed E-state index contributed by atoms with van der Waals surface area (Å²) in [6.07, 6.45) is -2.01. The van der Waals surface area contributed by atoms with Crippen molar-refractivity contribution in [2.75, 3.05) is 6.61 Å². The lowest BCUT2D eigenvalue weighted by Crippen LogP contribution is -2.77. The molecule has 1 heterocycles. The van der Waals surface area contributed by atoms with Crippen molar-refractivity contribution in [2.45, 2.75) is 104 Å². The van der Waals surface area contributed by atoms with Crippen LogP contribution < -0.4 is 5.73 Å². The second kappa shape index (κ2) is 8.09. The fourth-order valence-electron chi connectivity index (χ4n) is 8.33. The number of fused-ring (bicyclic) bond motifs is 5. The largest absolute Gasteiger partial charge is 0.456 e. The van der Waals surface area contributed by atoms with Crippen molar-refractivity contribution in [2.24, 2.45) is 40.2 Å². The number of hydrogen-bond donors (Lipinski definition) is 4. The summed E-state index contributed by atoms with van der Waals surface area (Å²) in [6, 6.07) is -0.808. The minimum absolute atomic E-state index is 0.0349. The molecular formula is C27H43NO7. The Labute approximate surface area is 208 Å². The monoisotopic (exact) mass is 493 g/mol. The zero-order valence-electron chi connectivity index (χ0n) is 22.3. The van der Waals surface area contributed by atoms with Crippen molar-refractivity contribution < 1.29 is 34.4 Å². The molecule has 198 valence electrons. The SMILES string of the molecule is CC1=C2[C@@H](C)C(=O)[C@@]3(C)[C@H]([C@H](C)[C@](O)(C[C@@H]1OC(=O)[C@H](O)[C@H](C)N)C2(C)C)[C@]1(O)CO[C@@H]1C[C@@H]3C. The lowest BCUT2D eigenvalue weighted by molar-refractivity contribution is -0.328. The van der Waals surface area contributed by atoms with Gasteiger partial charge in [-0.15, -0.1) is 0 Å². The summed E-state index contributed by atoms with van der Waals surface area (Å²) >= 11 is 0. The highest BCUT2D eigenvalue weighted by Gasteiger charge is 2.73. The van der Waals surface area contributed by atoms with E-state index in [0.717, 1.165) is 11.1 Å². The number of esters is 1. The molecule has 0 aromatic heterocycles. The Morgan fingerprint density at radius 2 is 1.80 bits per heavy atom. The van der Waals surface area contributed by atoms with Gasteiger partial charge >= 0.3 is 5.97 Å². The maximum absolute atomic E-state index is 14.4. The molecule has 11 atom stereocenters. The van der Waals surface area contributed by atoms with E-state index in [-0.39, 0.29) is 30.8 Å². The fourth-order valence-corrected chi connectivity index (χ4v) is 8.33. The van der Waals surface area contributed by atoms with Crippen LogP contribution in [0.2, 0.25) is 0 Å². The van der Waals surface area contributed by atoms with Crippen LogP contribution in [0.15, 0.2) is 11.1 Å². The van der Waals surface area contributed by atoms with Crippen LogP contribution >= 0.6 is 0 Å². The van der Waals surface area contributed by atoms with Gasteiger partial charge in [-0.05, 0) is 43.3 Å². The van der Waals surface area contributed by atoms with Crippen LogP contribution in [0.1, 0.15) is 68.2 Å². The Bertz CT molecular complexity index is 959. The van der Waals surface area contributed by atoms with Crippen LogP contribution in [0.5, 0.6) is 0 Å². The number of ether oxygens (including phenoxy) is 2. The van der Waals surface area contributed by atoms with Gasteiger partial charge in [-0.2, -0.15) is 0 Å². The van der Waals surface area contributed by atoms with Gasteiger partial charge in [-0.1, -0.05) is 41.5 Å². The molecule has 0 aromatic rings. The summed E-state index contributed by atoms with van der Waals surface area (Å²) in [5.74, 6) is -2.47. The highest BCUT2D eigenvalue weighted by Crippen LogP contribution is 2.66. The molecule has 8 nitrogen and oxygen atoms in total. The van der Waals surface area contributed by atoms with Crippen molar-refractivity contribution in [1.29, 1.82) is 0 Å². The third kappa shape index (κ3) is 3.29. The van der Waals surface area contributed by atoms with Crippen LogP contribution in [0, 0.1) is 34.5 Å². The Balaban J connectivity index is 1.90. The summed E-state index contributed by atoms with van der Waals surface area (Å²) in [5.41, 5.74) is 2.89. The molecular weight excluding hydrogens is 450 g/mol. The summed E-state index contributed by atoms with van der Waals surface area (Å²) < 4.78 is 11.5. The van der Waals surface area contributed by atoms with Gasteiger partial charge in [-0.25, -0.2) is 4.79 Å². The zero-order chi connectivity index (χ0) is 26.5. The predicted molar refractivity (Wildman–Crippen MR) is 129 cm³/mol. The van der Waals surface area contributed by atoms with E-state index in [4.69, 9.17) is 15.2 Å². The van der Waals surface area contributed by atoms with Crippen molar-refractivity contribution >= 4 is 11.8 Å². The Kier molecular flexibility index (Phi) is 6.18. The van der Waals surface area contributed by atoms with Gasteiger partial charge in [0.05, 0.1) is 18.3 Å². The first-order valence-corrected chi connectivity index (χ1v) is 12.9. The average molecular weight is 494 g/mol. The van der Waals surface area contributed by atoms with E-state index in [1.165, 1.54) is 6.92 Å². The summed E-state index contributed by atoms with van der Waals surface area (Å²) in [7, 11) is 0. The molecule has 1 aliphatic heterocycles. The smallest absolute Gasteiger partial charge is 0.337 e. The molecule has 4 rings (SSSR count). The first-order valence-electron chi connectivity index (χ1n) is 12.9. The minimum atomic E-state index is -1.49. The standard InChI is InChI=1S/C27H43NO7/c1-12-9-18-26(32,11-34-18)21-15(4)27(33)10-17(35-23(31)20(29)16(5)28)13(2)19(24(27,6)7)14(3)22(30)25(12,21)8/h12,14-18,20-21,29,32-33H,9-11,28H2,1-8H3/t12-,14+,15-,16-,17-,18+,20+,21-,25+,26-,27+/m0/s1. The van der Waals surface area contributed by atoms with Gasteiger partial charge in [0.15, 0.2) is 6.10 Å². The second-order valence-corrected chi connectivity index (χ2v) is 12.6. The second-order valence-electron chi connectivity index (χ2n) is 12.6. The number of rotatable bonds is 3. The lowest BCUT2D eigenvalue weighted by atomic mass is 9.41. The molecule has 0 amide bonds. The molecule has 8 heteroatoms. The maximum atomic E-state index is 14.4. The van der Waals surface area contributed by atoms with Crippen LogP contribution in [0.3, 0.4) is 0 Å². The number of ketones is 1. The number of carbonyl (C=O) groups is 2. The van der Waals surface area contributed by atoms with Crippen LogP contribution in [0.25, 0.3) is 0 Å². The Hall–Kier alpha value is -1.32. The third-order valence-corrected chi connectivity index (χ3v) is 10.6. The van der Waals surface area contributed by atoms with Crippen molar-refractivity contribution in [3.63, 3.8) is 0 Å². The van der Waals surface area contributed by atoms with Crippen molar-refractivity contribution in [3.8, 4) is 0 Å². The van der Waals surface area contributed by atoms with Crippen molar-refractivity contribution in [3.05, 3.63) is 11.1 Å². The summed E-state index contributed by atoms with van der Waals surface area (Å²) in [4.78, 5) is 27.0. The molecule has 1 saturated heterocycles. The normalized spacial score (nSPS) is 48.5. The van der Waals surface area contributed by atoms with E-state index in [1.54, 1.807) is 0 Å². The first kappa shape index (κ1) is 26.7. The van der Waals surface area contributed by atoms with E-state index < -0.39 is 64.0 Å². The van der Waals surface area contributed by atoms with Crippen LogP contribution in [0.4, 0.5) is 0 Å². The van der Waals surface area contributed by atoms with Crippen LogP contribution in [-0.2, 0) is 19.1 Å². The zero-order valence-corrected chi connectivity index (χ0v) is 22.3. The van der Waals surface area contributed by atoms with E-state index in [1.807, 2.05) is 48.5 Å². The Morgan fingerprint density at radius 3 is 2.31 bits per heavy atom. The molecule has 3 aliphatic carbocycles. The third-order valence-electron chi connectivity index (χ3n) is 10.6. The van der Waals surface area contributed by atoms with E-state index in [9.17, 15) is 24.9 Å². The Morgan fingerprint density at radius 1 is 1.20 bits per heavy atom. The molecule has 2 saturated carbocycles. The molecule has 0 spiro atoms. The minimum Gasteiger partial charge on any atom is -0.456 e. The maximum Gasteiger partial charge on any atom is 0.337 e. The number of Topliss-reactive ketones (excluding diaryl/α,β-unsaturated/α-hetero) is 1. The first-order chi connectivity index (χ1) is 16.0. The predicted octanol–water partition coefficient (Wildman–Crippen LogP) is 1.73. The van der Waals surface area contributed by atoms with Gasteiger partial charge < -0.3 is 30.5 Å². The molecule has 0 radical (unpaired) electrons. The molecule has 4 aliphatic rings. The fraction of sp³-hybridized carbons (Fsp3) is 0.852. The van der Waals surface area contributed by atoms with Gasteiger partial charge in [0, 0.05) is 35.1 Å². The van der Waals surface area contributed by atoms with Gasteiger partial charge in [0.2, 0.25) is 0 Å². The van der Waals surface area contributed by atoms with Gasteiger partial charge in [-0.3, -0.25) is 4.79 Å². The van der Waals surface area contributed by atoms with Gasteiger partial charge in [0.25, 0.3) is 0 Å². The number of carbonyl (C=O) groups excluding carboxylic acids is 2. The van der Waals surface area contributed by atoms with E-state index in [2.05, 4.69) is 0 Å². The number of hydrogen-bond acceptors (Lipinski definition) is 8. The molecule has 35 heavy (non-hydrogen) atoms. The van der Waals surface area contributed by atoms with E-state index >= 15 is 0 Å². The van der Waals surface area contributed by atoms with E-state index in [0.29, 0.717) is 6.42 Å². The molecule has 0 unspecified atom stereocenters. The molecule has 0 aromatic carbocycles.